The van der Waals surface area contributed by atoms with Gasteiger partial charge in [0.25, 0.3) is 0 Å². The lowest BCUT2D eigenvalue weighted by atomic mass is 10.0. The zero-order chi connectivity index (χ0) is 13.9. The van der Waals surface area contributed by atoms with Crippen molar-refractivity contribution in [3.8, 4) is 0 Å². The van der Waals surface area contributed by atoms with Crippen molar-refractivity contribution in [3.63, 3.8) is 0 Å². The maximum absolute atomic E-state index is 6.07. The fourth-order valence-corrected chi connectivity index (χ4v) is 3.35. The van der Waals surface area contributed by atoms with Crippen LogP contribution in [0.25, 0.3) is 10.8 Å². The number of hydrogen-bond donors (Lipinski definition) is 1. The van der Waals surface area contributed by atoms with Crippen molar-refractivity contribution >= 4 is 22.1 Å². The molecule has 0 amide bonds. The second-order valence-corrected chi connectivity index (χ2v) is 5.85. The molecule has 0 aliphatic heterocycles. The standard InChI is InChI=1S/C17H23N3/c1-20(13-6-4-2-3-5-7-13)17-9-8-16(18)15-12-19-11-10-14(15)17/h8-13H,2-7,18H2,1H3. The van der Waals surface area contributed by atoms with Crippen molar-refractivity contribution in [2.45, 2.75) is 44.6 Å². The largest absolute Gasteiger partial charge is 0.398 e. The van der Waals surface area contributed by atoms with Gasteiger partial charge in [0.2, 0.25) is 0 Å². The van der Waals surface area contributed by atoms with Crippen LogP contribution in [0, 0.1) is 0 Å². The van der Waals surface area contributed by atoms with Gasteiger partial charge >= 0.3 is 0 Å². The number of fused-ring (bicyclic) bond motifs is 1. The first-order valence-electron chi connectivity index (χ1n) is 7.62. The third-order valence-electron chi connectivity index (χ3n) is 4.58. The van der Waals surface area contributed by atoms with Crippen LogP contribution in [-0.2, 0) is 0 Å². The van der Waals surface area contributed by atoms with E-state index in [0.717, 1.165) is 11.1 Å². The zero-order valence-electron chi connectivity index (χ0n) is 12.2. The normalized spacial score (nSPS) is 17.1. The second-order valence-electron chi connectivity index (χ2n) is 5.85. The molecule has 0 spiro atoms. The fraction of sp³-hybridized carbons (Fsp3) is 0.471. The molecule has 2 aromatic rings. The van der Waals surface area contributed by atoms with Crippen LogP contribution in [0.15, 0.2) is 30.6 Å². The minimum atomic E-state index is 0.650. The number of rotatable bonds is 2. The summed E-state index contributed by atoms with van der Waals surface area (Å²) in [6.45, 7) is 0. The molecule has 3 heteroatoms. The molecule has 0 atom stereocenters. The number of hydrogen-bond acceptors (Lipinski definition) is 3. The summed E-state index contributed by atoms with van der Waals surface area (Å²) in [6.07, 6.45) is 11.8. The first-order chi connectivity index (χ1) is 9.77. The van der Waals surface area contributed by atoms with E-state index in [1.807, 2.05) is 18.5 Å². The molecular weight excluding hydrogens is 246 g/mol. The maximum Gasteiger partial charge on any atom is 0.0448 e. The van der Waals surface area contributed by atoms with Crippen LogP contribution in [-0.4, -0.2) is 18.1 Å². The molecule has 1 aromatic heterocycles. The van der Waals surface area contributed by atoms with Crippen molar-refractivity contribution in [2.24, 2.45) is 0 Å². The van der Waals surface area contributed by atoms with E-state index in [4.69, 9.17) is 5.73 Å². The van der Waals surface area contributed by atoms with Gasteiger partial charge in [0.05, 0.1) is 0 Å². The Balaban J connectivity index is 1.98. The van der Waals surface area contributed by atoms with Crippen molar-refractivity contribution in [2.75, 3.05) is 17.7 Å². The number of aromatic nitrogens is 1. The maximum atomic E-state index is 6.07. The Labute approximate surface area is 120 Å². The van der Waals surface area contributed by atoms with Crippen LogP contribution < -0.4 is 10.6 Å². The fourth-order valence-electron chi connectivity index (χ4n) is 3.35. The molecular formula is C17H23N3. The summed E-state index contributed by atoms with van der Waals surface area (Å²) < 4.78 is 0. The molecule has 1 aliphatic carbocycles. The van der Waals surface area contributed by atoms with Crippen molar-refractivity contribution in [3.05, 3.63) is 30.6 Å². The number of benzene rings is 1. The Morgan fingerprint density at radius 3 is 2.55 bits per heavy atom. The molecule has 106 valence electrons. The highest BCUT2D eigenvalue weighted by Crippen LogP contribution is 2.33. The Hall–Kier alpha value is -1.77. The van der Waals surface area contributed by atoms with E-state index in [0.29, 0.717) is 6.04 Å². The molecule has 0 saturated heterocycles. The van der Waals surface area contributed by atoms with Gasteiger partial charge in [-0.15, -0.1) is 0 Å². The molecule has 0 bridgehead atoms. The van der Waals surface area contributed by atoms with Gasteiger partial charge in [0.15, 0.2) is 0 Å². The summed E-state index contributed by atoms with van der Waals surface area (Å²) in [5, 5.41) is 2.28. The number of nitrogens with zero attached hydrogens (tertiary/aromatic N) is 2. The zero-order valence-corrected chi connectivity index (χ0v) is 12.2. The van der Waals surface area contributed by atoms with E-state index in [1.54, 1.807) is 0 Å². The summed E-state index contributed by atoms with van der Waals surface area (Å²) in [6, 6.07) is 6.89. The lowest BCUT2D eigenvalue weighted by Gasteiger charge is -2.30. The first-order valence-corrected chi connectivity index (χ1v) is 7.62. The molecule has 3 nitrogen and oxygen atoms in total. The topological polar surface area (TPSA) is 42.1 Å². The monoisotopic (exact) mass is 269 g/mol. The average molecular weight is 269 g/mol. The molecule has 20 heavy (non-hydrogen) atoms. The predicted octanol–water partition coefficient (Wildman–Crippen LogP) is 3.98. The number of anilines is 2. The molecule has 1 saturated carbocycles. The van der Waals surface area contributed by atoms with E-state index in [2.05, 4.69) is 29.1 Å². The molecule has 1 aromatic carbocycles. The van der Waals surface area contributed by atoms with Crippen molar-refractivity contribution in [1.29, 1.82) is 0 Å². The summed E-state index contributed by atoms with van der Waals surface area (Å²) >= 11 is 0. The Kier molecular flexibility index (Phi) is 3.77. The van der Waals surface area contributed by atoms with Gasteiger partial charge in [-0.3, -0.25) is 4.98 Å². The van der Waals surface area contributed by atoms with Gasteiger partial charge in [-0.1, -0.05) is 25.7 Å². The van der Waals surface area contributed by atoms with Crippen LogP contribution in [0.4, 0.5) is 11.4 Å². The molecule has 3 rings (SSSR count). The second kappa shape index (κ2) is 5.70. The molecule has 1 heterocycles. The van der Waals surface area contributed by atoms with Crippen LogP contribution in [0.3, 0.4) is 0 Å². The first kappa shape index (κ1) is 13.2. The molecule has 1 aliphatic rings. The Bertz CT molecular complexity index is 586. The SMILES string of the molecule is CN(c1ccc(N)c2cnccc12)C1CCCCCC1. The highest BCUT2D eigenvalue weighted by atomic mass is 15.1. The lowest BCUT2D eigenvalue weighted by molar-refractivity contribution is 0.554. The molecule has 0 unspecified atom stereocenters. The lowest BCUT2D eigenvalue weighted by Crippen LogP contribution is -2.31. The van der Waals surface area contributed by atoms with Gasteiger partial charge in [-0.2, -0.15) is 0 Å². The van der Waals surface area contributed by atoms with E-state index in [-0.39, 0.29) is 0 Å². The van der Waals surface area contributed by atoms with Gasteiger partial charge in [-0.25, -0.2) is 0 Å². The molecule has 2 N–H and O–H groups in total. The Morgan fingerprint density at radius 2 is 1.80 bits per heavy atom. The highest BCUT2D eigenvalue weighted by molar-refractivity contribution is 6.00. The van der Waals surface area contributed by atoms with E-state index in [9.17, 15) is 0 Å². The summed E-state index contributed by atoms with van der Waals surface area (Å²) in [5.74, 6) is 0. The van der Waals surface area contributed by atoms with Crippen molar-refractivity contribution < 1.29 is 0 Å². The predicted molar refractivity (Wildman–Crippen MR) is 86.0 cm³/mol. The van der Waals surface area contributed by atoms with Crippen LogP contribution in [0.5, 0.6) is 0 Å². The highest BCUT2D eigenvalue weighted by Gasteiger charge is 2.19. The minimum absolute atomic E-state index is 0.650. The Morgan fingerprint density at radius 1 is 1.05 bits per heavy atom. The number of nitrogens with two attached hydrogens (primary N) is 1. The molecule has 0 radical (unpaired) electrons. The van der Waals surface area contributed by atoms with Crippen LogP contribution in [0.2, 0.25) is 0 Å². The summed E-state index contributed by atoms with van der Waals surface area (Å²) in [7, 11) is 2.22. The third-order valence-corrected chi connectivity index (χ3v) is 4.58. The average Bonchev–Trinajstić information content (AvgIpc) is 2.76. The van der Waals surface area contributed by atoms with E-state index < -0.39 is 0 Å². The van der Waals surface area contributed by atoms with Crippen molar-refractivity contribution in [1.82, 2.24) is 4.98 Å². The van der Waals surface area contributed by atoms with Gasteiger partial charge in [0, 0.05) is 47.6 Å². The van der Waals surface area contributed by atoms with E-state index in [1.165, 1.54) is 49.6 Å². The molecule has 1 fully saturated rings. The summed E-state index contributed by atoms with van der Waals surface area (Å²) in [5.41, 5.74) is 8.16. The van der Waals surface area contributed by atoms with Crippen LogP contribution in [0.1, 0.15) is 38.5 Å². The van der Waals surface area contributed by atoms with Gasteiger partial charge in [-0.05, 0) is 31.0 Å². The smallest absolute Gasteiger partial charge is 0.0448 e. The van der Waals surface area contributed by atoms with Gasteiger partial charge < -0.3 is 10.6 Å². The third kappa shape index (κ3) is 2.45. The van der Waals surface area contributed by atoms with E-state index >= 15 is 0 Å². The van der Waals surface area contributed by atoms with Crippen LogP contribution >= 0.6 is 0 Å². The number of nitrogen functional groups attached to an aromatic ring is 1. The number of pyridine rings is 1. The minimum Gasteiger partial charge on any atom is -0.398 e. The quantitative estimate of drug-likeness (QED) is 0.662. The summed E-state index contributed by atoms with van der Waals surface area (Å²) in [4.78, 5) is 6.65. The van der Waals surface area contributed by atoms with Gasteiger partial charge in [0.1, 0.15) is 0 Å².